The van der Waals surface area contributed by atoms with Crippen LogP contribution in [0.2, 0.25) is 0 Å². The summed E-state index contributed by atoms with van der Waals surface area (Å²) in [5.41, 5.74) is 2.29. The fourth-order valence-electron chi connectivity index (χ4n) is 2.16. The van der Waals surface area contributed by atoms with Crippen molar-refractivity contribution in [3.05, 3.63) is 64.1 Å². The van der Waals surface area contributed by atoms with Crippen molar-refractivity contribution in [1.29, 1.82) is 0 Å². The monoisotopic (exact) mass is 375 g/mol. The lowest BCUT2D eigenvalue weighted by molar-refractivity contribution is -0.120. The molecule has 0 saturated heterocycles. The molecule has 1 N–H and O–H groups in total. The minimum Gasteiger partial charge on any atom is -0.492 e. The van der Waals surface area contributed by atoms with E-state index in [9.17, 15) is 4.79 Å². The molecule has 0 aliphatic rings. The van der Waals surface area contributed by atoms with E-state index in [4.69, 9.17) is 4.74 Å². The lowest BCUT2D eigenvalue weighted by Crippen LogP contribution is -2.29. The number of carbonyl (C=O) groups excluding carboxylic acids is 1. The molecule has 23 heavy (non-hydrogen) atoms. The van der Waals surface area contributed by atoms with Gasteiger partial charge in [0, 0.05) is 4.47 Å². The van der Waals surface area contributed by atoms with Gasteiger partial charge in [0.15, 0.2) is 0 Å². The second-order valence-electron chi connectivity index (χ2n) is 5.73. The average molecular weight is 376 g/mol. The Kier molecular flexibility index (Phi) is 6.66. The number of carbonyl (C=O) groups is 1. The molecule has 0 atom stereocenters. The molecule has 2 aromatic carbocycles. The summed E-state index contributed by atoms with van der Waals surface area (Å²) >= 11 is 3.38. The molecule has 0 aliphatic carbocycles. The molecule has 0 heterocycles. The highest BCUT2D eigenvalue weighted by Gasteiger charge is 2.03. The maximum absolute atomic E-state index is 11.8. The van der Waals surface area contributed by atoms with Crippen LogP contribution >= 0.6 is 15.9 Å². The predicted octanol–water partition coefficient (Wildman–Crippen LogP) is 4.31. The standard InChI is InChI=1S/C19H22BrNO2/c1-14(2)16-5-9-18(10-6-16)23-12-11-21-19(22)13-15-3-7-17(20)8-4-15/h3-10,14H,11-13H2,1-2H3,(H,21,22). The van der Waals surface area contributed by atoms with Crippen molar-refractivity contribution in [2.24, 2.45) is 0 Å². The zero-order valence-corrected chi connectivity index (χ0v) is 15.1. The van der Waals surface area contributed by atoms with Gasteiger partial charge in [-0.1, -0.05) is 54.0 Å². The summed E-state index contributed by atoms with van der Waals surface area (Å²) in [5, 5.41) is 2.87. The molecular formula is C19H22BrNO2. The zero-order valence-electron chi connectivity index (χ0n) is 13.5. The quantitative estimate of drug-likeness (QED) is 0.732. The summed E-state index contributed by atoms with van der Waals surface area (Å²) in [7, 11) is 0. The van der Waals surface area contributed by atoms with Crippen molar-refractivity contribution >= 4 is 21.8 Å². The van der Waals surface area contributed by atoms with Crippen LogP contribution in [0.5, 0.6) is 5.75 Å². The van der Waals surface area contributed by atoms with E-state index >= 15 is 0 Å². The summed E-state index contributed by atoms with van der Waals surface area (Å²) in [6.45, 7) is 5.29. The van der Waals surface area contributed by atoms with Crippen LogP contribution in [0.3, 0.4) is 0 Å². The molecular weight excluding hydrogens is 354 g/mol. The van der Waals surface area contributed by atoms with E-state index in [1.54, 1.807) is 0 Å². The molecule has 0 fully saturated rings. The molecule has 122 valence electrons. The van der Waals surface area contributed by atoms with Crippen LogP contribution in [0.15, 0.2) is 53.0 Å². The molecule has 1 amide bonds. The van der Waals surface area contributed by atoms with Crippen molar-refractivity contribution in [3.8, 4) is 5.75 Å². The van der Waals surface area contributed by atoms with Crippen LogP contribution in [-0.4, -0.2) is 19.1 Å². The van der Waals surface area contributed by atoms with Crippen molar-refractivity contribution in [2.75, 3.05) is 13.2 Å². The zero-order chi connectivity index (χ0) is 16.7. The molecule has 4 heteroatoms. The van der Waals surface area contributed by atoms with Crippen LogP contribution in [0, 0.1) is 0 Å². The third kappa shape index (κ3) is 6.06. The minimum atomic E-state index is 0.00563. The van der Waals surface area contributed by atoms with Crippen LogP contribution in [0.25, 0.3) is 0 Å². The Morgan fingerprint density at radius 3 is 2.35 bits per heavy atom. The SMILES string of the molecule is CC(C)c1ccc(OCCNC(=O)Cc2ccc(Br)cc2)cc1. The highest BCUT2D eigenvalue weighted by atomic mass is 79.9. The lowest BCUT2D eigenvalue weighted by atomic mass is 10.0. The smallest absolute Gasteiger partial charge is 0.224 e. The number of nitrogens with one attached hydrogen (secondary N) is 1. The number of rotatable bonds is 7. The Morgan fingerprint density at radius 1 is 1.09 bits per heavy atom. The highest BCUT2D eigenvalue weighted by molar-refractivity contribution is 9.10. The molecule has 2 aromatic rings. The Morgan fingerprint density at radius 2 is 1.74 bits per heavy atom. The number of hydrogen-bond acceptors (Lipinski definition) is 2. The number of halogens is 1. The summed E-state index contributed by atoms with van der Waals surface area (Å²) in [6.07, 6.45) is 0.385. The summed E-state index contributed by atoms with van der Waals surface area (Å²) in [4.78, 5) is 11.8. The number of amides is 1. The van der Waals surface area contributed by atoms with E-state index < -0.39 is 0 Å². The van der Waals surface area contributed by atoms with Crippen molar-refractivity contribution in [3.63, 3.8) is 0 Å². The fraction of sp³-hybridized carbons (Fsp3) is 0.316. The van der Waals surface area contributed by atoms with Gasteiger partial charge in [-0.15, -0.1) is 0 Å². The molecule has 0 spiro atoms. The van der Waals surface area contributed by atoms with E-state index in [-0.39, 0.29) is 5.91 Å². The van der Waals surface area contributed by atoms with Gasteiger partial charge in [0.05, 0.1) is 13.0 Å². The van der Waals surface area contributed by atoms with Gasteiger partial charge in [-0.05, 0) is 41.3 Å². The van der Waals surface area contributed by atoms with Gasteiger partial charge in [-0.2, -0.15) is 0 Å². The first-order valence-corrected chi connectivity index (χ1v) is 8.58. The second kappa shape index (κ2) is 8.73. The van der Waals surface area contributed by atoms with Gasteiger partial charge in [0.1, 0.15) is 12.4 Å². The minimum absolute atomic E-state index is 0.00563. The first kappa shape index (κ1) is 17.5. The lowest BCUT2D eigenvalue weighted by Gasteiger charge is -2.10. The Labute approximate surface area is 146 Å². The van der Waals surface area contributed by atoms with Gasteiger partial charge >= 0.3 is 0 Å². The molecule has 0 unspecified atom stereocenters. The molecule has 0 aromatic heterocycles. The van der Waals surface area contributed by atoms with Crippen LogP contribution in [0.1, 0.15) is 30.9 Å². The number of ether oxygens (including phenoxy) is 1. The normalized spacial score (nSPS) is 10.6. The molecule has 0 saturated carbocycles. The van der Waals surface area contributed by atoms with Crippen LogP contribution in [0.4, 0.5) is 0 Å². The van der Waals surface area contributed by atoms with E-state index in [0.717, 1.165) is 15.8 Å². The molecule has 0 bridgehead atoms. The van der Waals surface area contributed by atoms with E-state index in [2.05, 4.69) is 47.2 Å². The maximum Gasteiger partial charge on any atom is 0.224 e. The number of benzene rings is 2. The Balaban J connectivity index is 1.68. The van der Waals surface area contributed by atoms with Gasteiger partial charge in [-0.3, -0.25) is 4.79 Å². The third-order valence-corrected chi connectivity index (χ3v) is 4.05. The van der Waals surface area contributed by atoms with Gasteiger partial charge in [0.2, 0.25) is 5.91 Å². The van der Waals surface area contributed by atoms with Crippen molar-refractivity contribution < 1.29 is 9.53 Å². The molecule has 3 nitrogen and oxygen atoms in total. The molecule has 0 radical (unpaired) electrons. The fourth-order valence-corrected chi connectivity index (χ4v) is 2.42. The molecule has 0 aliphatic heterocycles. The first-order chi connectivity index (χ1) is 11.0. The topological polar surface area (TPSA) is 38.3 Å². The largest absolute Gasteiger partial charge is 0.492 e. The summed E-state index contributed by atoms with van der Waals surface area (Å²) < 4.78 is 6.65. The first-order valence-electron chi connectivity index (χ1n) is 7.78. The average Bonchev–Trinajstić information content (AvgIpc) is 2.54. The van der Waals surface area contributed by atoms with E-state index in [0.29, 0.717) is 25.5 Å². The summed E-state index contributed by atoms with van der Waals surface area (Å²) in [6, 6.07) is 15.8. The number of hydrogen-bond donors (Lipinski definition) is 1. The van der Waals surface area contributed by atoms with Gasteiger partial charge in [0.25, 0.3) is 0 Å². The second-order valence-corrected chi connectivity index (χ2v) is 6.64. The predicted molar refractivity (Wildman–Crippen MR) is 96.9 cm³/mol. The van der Waals surface area contributed by atoms with Gasteiger partial charge in [-0.25, -0.2) is 0 Å². The highest BCUT2D eigenvalue weighted by Crippen LogP contribution is 2.18. The summed E-state index contributed by atoms with van der Waals surface area (Å²) in [5.74, 6) is 1.35. The van der Waals surface area contributed by atoms with Crippen molar-refractivity contribution in [1.82, 2.24) is 5.32 Å². The van der Waals surface area contributed by atoms with Crippen LogP contribution in [-0.2, 0) is 11.2 Å². The Bertz CT molecular complexity index is 621. The third-order valence-electron chi connectivity index (χ3n) is 3.52. The maximum atomic E-state index is 11.8. The Hall–Kier alpha value is -1.81. The van der Waals surface area contributed by atoms with Crippen molar-refractivity contribution in [2.45, 2.75) is 26.2 Å². The van der Waals surface area contributed by atoms with Crippen LogP contribution < -0.4 is 10.1 Å². The van der Waals surface area contributed by atoms with E-state index in [1.165, 1.54) is 5.56 Å². The molecule has 2 rings (SSSR count). The van der Waals surface area contributed by atoms with Gasteiger partial charge < -0.3 is 10.1 Å². The van der Waals surface area contributed by atoms with E-state index in [1.807, 2.05) is 36.4 Å².